The van der Waals surface area contributed by atoms with Crippen LogP contribution in [0, 0.1) is 12.3 Å². The molecule has 2 unspecified atom stereocenters. The van der Waals surface area contributed by atoms with Gasteiger partial charge in [0.2, 0.25) is 0 Å². The number of rotatable bonds is 5. The average Bonchev–Trinajstić information content (AvgIpc) is 2.96. The molecule has 1 spiro atoms. The highest BCUT2D eigenvalue weighted by molar-refractivity contribution is 6.32. The van der Waals surface area contributed by atoms with Crippen molar-refractivity contribution in [1.82, 2.24) is 5.32 Å². The number of hydrogen-bond donors (Lipinski definition) is 1. The van der Waals surface area contributed by atoms with Crippen molar-refractivity contribution in [3.05, 3.63) is 28.8 Å². The molecule has 21 heavy (non-hydrogen) atoms. The van der Waals surface area contributed by atoms with Crippen LogP contribution in [0.15, 0.2) is 18.2 Å². The molecule has 0 heterocycles. The fraction of sp³-hybridized carbons (Fsp3) is 0.667. The largest absolute Gasteiger partial charge is 0.488 e. The predicted molar refractivity (Wildman–Crippen MR) is 88.2 cm³/mol. The van der Waals surface area contributed by atoms with Crippen LogP contribution < -0.4 is 10.1 Å². The van der Waals surface area contributed by atoms with Crippen LogP contribution in [0.5, 0.6) is 5.75 Å². The molecule has 0 bridgehead atoms. The summed E-state index contributed by atoms with van der Waals surface area (Å²) in [7, 11) is 0. The van der Waals surface area contributed by atoms with Gasteiger partial charge in [0.1, 0.15) is 11.9 Å². The van der Waals surface area contributed by atoms with E-state index in [4.69, 9.17) is 16.3 Å². The lowest BCUT2D eigenvalue weighted by atomic mass is 9.60. The number of hydrogen-bond acceptors (Lipinski definition) is 2. The van der Waals surface area contributed by atoms with E-state index in [-0.39, 0.29) is 0 Å². The van der Waals surface area contributed by atoms with E-state index in [0.717, 1.165) is 23.7 Å². The zero-order valence-electron chi connectivity index (χ0n) is 13.1. The molecular weight excluding hydrogens is 282 g/mol. The lowest BCUT2D eigenvalue weighted by Gasteiger charge is -2.54. The molecule has 0 amide bonds. The summed E-state index contributed by atoms with van der Waals surface area (Å²) in [6.07, 6.45) is 7.91. The molecule has 2 aliphatic carbocycles. The van der Waals surface area contributed by atoms with Crippen molar-refractivity contribution in [3.63, 3.8) is 0 Å². The summed E-state index contributed by atoms with van der Waals surface area (Å²) in [5.74, 6) is 0.854. The number of nitrogens with one attached hydrogen (secondary N) is 1. The summed E-state index contributed by atoms with van der Waals surface area (Å²) in [6, 6.07) is 6.72. The Balaban J connectivity index is 1.71. The number of halogens is 1. The summed E-state index contributed by atoms with van der Waals surface area (Å²) in [6.45, 7) is 5.40. The Morgan fingerprint density at radius 2 is 2.10 bits per heavy atom. The Hall–Kier alpha value is -0.730. The minimum atomic E-state index is 0.328. The highest BCUT2D eigenvalue weighted by atomic mass is 35.5. The van der Waals surface area contributed by atoms with E-state index in [0.29, 0.717) is 17.6 Å². The van der Waals surface area contributed by atoms with Crippen molar-refractivity contribution in [2.75, 3.05) is 6.54 Å². The first kappa shape index (κ1) is 15.2. The second kappa shape index (κ2) is 6.18. The maximum Gasteiger partial charge on any atom is 0.138 e. The van der Waals surface area contributed by atoms with Crippen LogP contribution in [-0.2, 0) is 0 Å². The Morgan fingerprint density at radius 3 is 2.76 bits per heavy atom. The average molecular weight is 308 g/mol. The van der Waals surface area contributed by atoms with E-state index in [2.05, 4.69) is 25.2 Å². The molecule has 1 N–H and O–H groups in total. The summed E-state index contributed by atoms with van der Waals surface area (Å²) in [4.78, 5) is 0. The molecule has 0 aliphatic heterocycles. The number of benzene rings is 1. The van der Waals surface area contributed by atoms with E-state index in [1.165, 1.54) is 37.7 Å². The van der Waals surface area contributed by atoms with E-state index in [1.807, 2.05) is 12.1 Å². The zero-order valence-corrected chi connectivity index (χ0v) is 13.9. The van der Waals surface area contributed by atoms with Crippen LogP contribution in [0.25, 0.3) is 0 Å². The molecule has 1 aromatic rings. The summed E-state index contributed by atoms with van der Waals surface area (Å²) in [5, 5.41) is 4.47. The minimum Gasteiger partial charge on any atom is -0.488 e. The van der Waals surface area contributed by atoms with Crippen LogP contribution >= 0.6 is 11.6 Å². The molecule has 0 saturated heterocycles. The highest BCUT2D eigenvalue weighted by Gasteiger charge is 2.57. The van der Waals surface area contributed by atoms with Gasteiger partial charge in [-0.2, -0.15) is 0 Å². The summed E-state index contributed by atoms with van der Waals surface area (Å²) < 4.78 is 6.31. The maximum absolute atomic E-state index is 6.33. The Kier molecular flexibility index (Phi) is 4.46. The van der Waals surface area contributed by atoms with Crippen molar-refractivity contribution in [1.29, 1.82) is 0 Å². The third-order valence-electron chi connectivity index (χ3n) is 5.32. The van der Waals surface area contributed by atoms with Gasteiger partial charge in [-0.05, 0) is 50.4 Å². The van der Waals surface area contributed by atoms with Crippen LogP contribution in [0.2, 0.25) is 5.02 Å². The monoisotopic (exact) mass is 307 g/mol. The molecule has 0 aromatic heterocycles. The zero-order chi connectivity index (χ0) is 14.9. The molecule has 2 fully saturated rings. The number of ether oxygens (including phenoxy) is 1. The van der Waals surface area contributed by atoms with Gasteiger partial charge in [-0.25, -0.2) is 0 Å². The minimum absolute atomic E-state index is 0.328. The van der Waals surface area contributed by atoms with Gasteiger partial charge in [0.05, 0.1) is 5.02 Å². The molecule has 2 nitrogen and oxygen atoms in total. The lowest BCUT2D eigenvalue weighted by molar-refractivity contribution is -0.0759. The fourth-order valence-corrected chi connectivity index (χ4v) is 4.36. The highest BCUT2D eigenvalue weighted by Crippen LogP contribution is 2.55. The van der Waals surface area contributed by atoms with E-state index >= 15 is 0 Å². The van der Waals surface area contributed by atoms with E-state index < -0.39 is 0 Å². The Bertz CT molecular complexity index is 496. The molecule has 2 saturated carbocycles. The van der Waals surface area contributed by atoms with Crippen molar-refractivity contribution in [2.24, 2.45) is 5.41 Å². The topological polar surface area (TPSA) is 21.3 Å². The van der Waals surface area contributed by atoms with Crippen LogP contribution in [0.1, 0.15) is 51.0 Å². The summed E-state index contributed by atoms with van der Waals surface area (Å²) >= 11 is 6.33. The fourth-order valence-electron chi connectivity index (χ4n) is 4.08. The summed E-state index contributed by atoms with van der Waals surface area (Å²) in [5.41, 5.74) is 1.53. The van der Waals surface area contributed by atoms with Crippen LogP contribution in [0.3, 0.4) is 0 Å². The Labute approximate surface area is 133 Å². The third-order valence-corrected chi connectivity index (χ3v) is 5.61. The standard InChI is InChI=1S/C18H26ClNO/c1-3-10-20-16-12-17(18(16)8-4-5-9-18)21-15-7-6-13(2)11-14(15)19/h6-7,11,16-17,20H,3-5,8-10,12H2,1-2H3. The molecule has 2 aliphatic rings. The molecular formula is C18H26ClNO. The molecule has 1 aromatic carbocycles. The van der Waals surface area contributed by atoms with Crippen molar-refractivity contribution in [2.45, 2.75) is 64.5 Å². The SMILES string of the molecule is CCCNC1CC(Oc2ccc(C)cc2Cl)C12CCCC2. The van der Waals surface area contributed by atoms with Crippen molar-refractivity contribution in [3.8, 4) is 5.75 Å². The molecule has 2 atom stereocenters. The molecule has 3 heteroatoms. The second-order valence-electron chi connectivity index (χ2n) is 6.72. The molecule has 116 valence electrons. The van der Waals surface area contributed by atoms with Gasteiger partial charge in [-0.3, -0.25) is 0 Å². The first-order chi connectivity index (χ1) is 10.2. The Morgan fingerprint density at radius 1 is 1.33 bits per heavy atom. The van der Waals surface area contributed by atoms with Crippen molar-refractivity contribution < 1.29 is 4.74 Å². The smallest absolute Gasteiger partial charge is 0.138 e. The van der Waals surface area contributed by atoms with Gasteiger partial charge in [0, 0.05) is 17.9 Å². The van der Waals surface area contributed by atoms with Gasteiger partial charge in [-0.15, -0.1) is 0 Å². The van der Waals surface area contributed by atoms with Gasteiger partial charge in [0.15, 0.2) is 0 Å². The van der Waals surface area contributed by atoms with E-state index in [1.54, 1.807) is 0 Å². The predicted octanol–water partition coefficient (Wildman–Crippen LogP) is 4.73. The first-order valence-corrected chi connectivity index (χ1v) is 8.70. The third kappa shape index (κ3) is 2.80. The number of aryl methyl sites for hydroxylation is 1. The van der Waals surface area contributed by atoms with Gasteiger partial charge in [-0.1, -0.05) is 37.4 Å². The van der Waals surface area contributed by atoms with E-state index in [9.17, 15) is 0 Å². The molecule has 0 radical (unpaired) electrons. The molecule has 3 rings (SSSR count). The first-order valence-electron chi connectivity index (χ1n) is 8.32. The quantitative estimate of drug-likeness (QED) is 0.849. The lowest BCUT2D eigenvalue weighted by Crippen LogP contribution is -2.63. The van der Waals surface area contributed by atoms with Gasteiger partial charge < -0.3 is 10.1 Å². The van der Waals surface area contributed by atoms with Crippen LogP contribution in [0.4, 0.5) is 0 Å². The van der Waals surface area contributed by atoms with Crippen LogP contribution in [-0.4, -0.2) is 18.7 Å². The normalized spacial score (nSPS) is 26.8. The van der Waals surface area contributed by atoms with Gasteiger partial charge >= 0.3 is 0 Å². The second-order valence-corrected chi connectivity index (χ2v) is 7.13. The van der Waals surface area contributed by atoms with Crippen molar-refractivity contribution >= 4 is 11.6 Å². The van der Waals surface area contributed by atoms with Gasteiger partial charge in [0.25, 0.3) is 0 Å². The maximum atomic E-state index is 6.33.